The van der Waals surface area contributed by atoms with E-state index in [1.165, 1.54) is 9.80 Å². The van der Waals surface area contributed by atoms with E-state index < -0.39 is 36.0 Å². The second-order valence-electron chi connectivity index (χ2n) is 12.8. The molecule has 4 aromatic carbocycles. The van der Waals surface area contributed by atoms with Gasteiger partial charge >= 0.3 is 24.1 Å². The Hall–Kier alpha value is -5.64. The van der Waals surface area contributed by atoms with Crippen molar-refractivity contribution >= 4 is 24.1 Å². The van der Waals surface area contributed by atoms with Crippen LogP contribution in [-0.2, 0) is 31.9 Å². The highest BCUT2D eigenvalue weighted by molar-refractivity contribution is 5.93. The van der Waals surface area contributed by atoms with Crippen LogP contribution in [0.1, 0.15) is 50.7 Å². The molecule has 0 saturated heterocycles. The molecule has 1 fully saturated rings. The molecule has 0 radical (unpaired) electrons. The minimum Gasteiger partial charge on any atom is -0.457 e. The van der Waals surface area contributed by atoms with Gasteiger partial charge in [0.25, 0.3) is 0 Å². The molecule has 0 aliphatic heterocycles. The van der Waals surface area contributed by atoms with Crippen LogP contribution >= 0.6 is 0 Å². The Morgan fingerprint density at radius 1 is 0.500 bits per heavy atom. The summed E-state index contributed by atoms with van der Waals surface area (Å²) in [6.45, 7) is 5.39. The molecule has 1 aliphatic carbocycles. The highest BCUT2D eigenvalue weighted by Gasteiger charge is 2.45. The summed E-state index contributed by atoms with van der Waals surface area (Å²) in [6.07, 6.45) is 1.70. The smallest absolute Gasteiger partial charge is 0.417 e. The molecule has 272 valence electrons. The fraction of sp³-hybridized carbons (Fsp3) is 0.333. The van der Waals surface area contributed by atoms with Crippen molar-refractivity contribution in [2.24, 2.45) is 11.8 Å². The van der Waals surface area contributed by atoms with E-state index in [4.69, 9.17) is 18.9 Å². The monoisotopic (exact) mass is 706 g/mol. The zero-order valence-corrected chi connectivity index (χ0v) is 29.8. The third kappa shape index (κ3) is 10.9. The van der Waals surface area contributed by atoms with E-state index in [2.05, 4.69) is 0 Å². The number of amides is 2. The van der Waals surface area contributed by atoms with Gasteiger partial charge in [-0.05, 0) is 98.2 Å². The van der Waals surface area contributed by atoms with Crippen LogP contribution in [0.2, 0.25) is 0 Å². The van der Waals surface area contributed by atoms with E-state index in [1.807, 2.05) is 123 Å². The predicted octanol–water partition coefficient (Wildman–Crippen LogP) is 8.83. The van der Waals surface area contributed by atoms with Crippen LogP contribution in [0.5, 0.6) is 23.0 Å². The van der Waals surface area contributed by atoms with Gasteiger partial charge in [-0.3, -0.25) is 9.59 Å². The van der Waals surface area contributed by atoms with Crippen LogP contribution in [0.15, 0.2) is 109 Å². The Labute approximate surface area is 305 Å². The number of esters is 2. The highest BCUT2D eigenvalue weighted by atomic mass is 16.6. The molecule has 5 rings (SSSR count). The summed E-state index contributed by atoms with van der Waals surface area (Å²) in [5.41, 5.74) is 1.99. The number of hydrogen-bond donors (Lipinski definition) is 0. The van der Waals surface area contributed by atoms with Crippen LogP contribution in [0.3, 0.4) is 0 Å². The van der Waals surface area contributed by atoms with Gasteiger partial charge in [0.2, 0.25) is 0 Å². The second kappa shape index (κ2) is 19.1. The van der Waals surface area contributed by atoms with Gasteiger partial charge in [-0.2, -0.15) is 0 Å². The molecule has 2 unspecified atom stereocenters. The molecule has 1 saturated carbocycles. The van der Waals surface area contributed by atoms with Gasteiger partial charge in [0.1, 0.15) is 23.0 Å². The predicted molar refractivity (Wildman–Crippen MR) is 196 cm³/mol. The topological polar surface area (TPSA) is 112 Å². The van der Waals surface area contributed by atoms with Crippen molar-refractivity contribution in [3.8, 4) is 23.0 Å². The molecular formula is C42H46N2O8. The first kappa shape index (κ1) is 37.6. The molecule has 1 aliphatic rings. The third-order valence-electron chi connectivity index (χ3n) is 8.90. The zero-order valence-electron chi connectivity index (χ0n) is 29.8. The molecule has 10 nitrogen and oxygen atoms in total. The number of carbonyl (C=O) groups is 4. The minimum absolute atomic E-state index is 0.350. The maximum atomic E-state index is 13.1. The second-order valence-corrected chi connectivity index (χ2v) is 12.8. The first-order valence-corrected chi connectivity index (χ1v) is 18.0. The quantitative estimate of drug-likeness (QED) is 0.0840. The van der Waals surface area contributed by atoms with Crippen LogP contribution in [0, 0.1) is 11.8 Å². The van der Waals surface area contributed by atoms with Gasteiger partial charge in [-0.15, -0.1) is 0 Å². The molecule has 0 spiro atoms. The summed E-state index contributed by atoms with van der Waals surface area (Å²) >= 11 is 0. The van der Waals surface area contributed by atoms with Crippen LogP contribution < -0.4 is 9.47 Å². The Balaban J connectivity index is 1.07. The number of para-hydroxylation sites is 2. The number of nitrogens with zero attached hydrogens (tertiary/aromatic N) is 2. The molecule has 10 heteroatoms. The average molecular weight is 707 g/mol. The summed E-state index contributed by atoms with van der Waals surface area (Å²) < 4.78 is 22.2. The van der Waals surface area contributed by atoms with Gasteiger partial charge < -0.3 is 28.7 Å². The number of carbonyl (C=O) groups excluding carboxylic acids is 4. The van der Waals surface area contributed by atoms with Crippen molar-refractivity contribution in [1.29, 1.82) is 0 Å². The molecule has 0 aromatic heterocycles. The van der Waals surface area contributed by atoms with E-state index in [0.717, 1.165) is 22.6 Å². The zero-order chi connectivity index (χ0) is 36.7. The summed E-state index contributed by atoms with van der Waals surface area (Å²) in [5, 5.41) is 0. The molecule has 2 atom stereocenters. The summed E-state index contributed by atoms with van der Waals surface area (Å²) in [6, 6.07) is 34.2. The molecule has 52 heavy (non-hydrogen) atoms. The van der Waals surface area contributed by atoms with E-state index in [9.17, 15) is 19.2 Å². The third-order valence-corrected chi connectivity index (χ3v) is 8.90. The van der Waals surface area contributed by atoms with Crippen molar-refractivity contribution in [3.05, 3.63) is 120 Å². The van der Waals surface area contributed by atoms with Gasteiger partial charge in [0.15, 0.2) is 0 Å². The number of rotatable bonds is 16. The van der Waals surface area contributed by atoms with Crippen molar-refractivity contribution in [2.45, 2.75) is 52.4 Å². The van der Waals surface area contributed by atoms with Crippen LogP contribution in [0.4, 0.5) is 9.59 Å². The van der Waals surface area contributed by atoms with E-state index >= 15 is 0 Å². The number of hydrogen-bond acceptors (Lipinski definition) is 8. The van der Waals surface area contributed by atoms with Gasteiger partial charge in [0.05, 0.1) is 11.8 Å². The van der Waals surface area contributed by atoms with Crippen molar-refractivity contribution in [3.63, 3.8) is 0 Å². The fourth-order valence-electron chi connectivity index (χ4n) is 5.87. The summed E-state index contributed by atoms with van der Waals surface area (Å²) in [4.78, 5) is 55.2. The van der Waals surface area contributed by atoms with Crippen molar-refractivity contribution in [2.75, 3.05) is 26.2 Å². The first-order chi connectivity index (χ1) is 25.3. The lowest BCUT2D eigenvalue weighted by Gasteiger charge is -2.33. The molecule has 0 N–H and O–H groups in total. The van der Waals surface area contributed by atoms with E-state index in [0.29, 0.717) is 76.2 Å². The Kier molecular flexibility index (Phi) is 13.8. The molecule has 0 bridgehead atoms. The minimum atomic E-state index is -0.846. The molecule has 4 aromatic rings. The average Bonchev–Trinajstić information content (AvgIpc) is 3.13. The fourth-order valence-corrected chi connectivity index (χ4v) is 5.87. The van der Waals surface area contributed by atoms with Crippen LogP contribution in [0.25, 0.3) is 0 Å². The maximum absolute atomic E-state index is 13.1. The maximum Gasteiger partial charge on any atom is 0.417 e. The Morgan fingerprint density at radius 3 is 1.17 bits per heavy atom. The van der Waals surface area contributed by atoms with Crippen molar-refractivity contribution in [1.82, 2.24) is 9.80 Å². The summed E-state index contributed by atoms with van der Waals surface area (Å²) in [7, 11) is 0. The van der Waals surface area contributed by atoms with Crippen molar-refractivity contribution < 1.29 is 38.1 Å². The SMILES string of the molecule is CCCN(CCc1ccc(Oc2ccccc2)cc1)C(=O)OC(=O)C1CCC1C(=O)OC(=O)N(CCC)CCc1ccc(Oc2ccccc2)cc1. The van der Waals surface area contributed by atoms with E-state index in [1.54, 1.807) is 0 Å². The highest BCUT2D eigenvalue weighted by Crippen LogP contribution is 2.36. The Morgan fingerprint density at radius 2 is 0.846 bits per heavy atom. The first-order valence-electron chi connectivity index (χ1n) is 18.0. The standard InChI is InChI=1S/C42H46N2O8/c1-3-27-43(29-25-31-15-19-35(20-16-31)49-33-11-7-5-8-12-33)41(47)51-39(45)37-23-24-38(37)40(46)52-42(48)44(28-4-2)30-26-32-17-21-36(22-18-32)50-34-13-9-6-10-14-34/h5-22,37-38H,3-4,23-30H2,1-2H3. The Bertz CT molecular complexity index is 1620. The van der Waals surface area contributed by atoms with Gasteiger partial charge in [-0.25, -0.2) is 9.59 Å². The lowest BCUT2D eigenvalue weighted by Crippen LogP contribution is -2.45. The van der Waals surface area contributed by atoms with Crippen LogP contribution in [-0.4, -0.2) is 60.1 Å². The largest absolute Gasteiger partial charge is 0.457 e. The van der Waals surface area contributed by atoms with E-state index in [-0.39, 0.29) is 0 Å². The number of ether oxygens (including phenoxy) is 4. The lowest BCUT2D eigenvalue weighted by atomic mass is 9.74. The summed E-state index contributed by atoms with van der Waals surface area (Å²) in [5.74, 6) is -0.355. The molecule has 0 heterocycles. The number of benzene rings is 4. The molecule has 2 amide bonds. The normalized spacial score (nSPS) is 14.7. The molecular weight excluding hydrogens is 660 g/mol. The van der Waals surface area contributed by atoms with Gasteiger partial charge in [0, 0.05) is 26.2 Å². The lowest BCUT2D eigenvalue weighted by molar-refractivity contribution is -0.161. The van der Waals surface area contributed by atoms with Gasteiger partial charge in [-0.1, -0.05) is 74.5 Å².